The molecular weight excluding hydrogens is 475 g/mol. The standard InChI is InChI=1S/C34H43ClP/c35-34(33-25-32(26-15-5-1-6-16-26)30-23-13-14-24-31(30)33)36(27-17-7-2-8-18-27,28-19-9-3-10-20-28)29-21-11-4-12-22-29/h1,5-6,13-16,23-25,27-29H,2-4,7-12,17-22H2/q+1/b34-33+. The van der Waals surface area contributed by atoms with Gasteiger partial charge in [0.05, 0.1) is 24.2 Å². The van der Waals surface area contributed by atoms with E-state index >= 15 is 0 Å². The molecule has 0 atom stereocenters. The maximum absolute atomic E-state index is 8.07. The Balaban J connectivity index is 1.57. The zero-order valence-corrected chi connectivity index (χ0v) is 23.6. The number of rotatable bonds is 5. The van der Waals surface area contributed by atoms with Crippen LogP contribution in [-0.2, 0) is 0 Å². The zero-order chi connectivity index (χ0) is 24.4. The molecule has 0 amide bonds. The lowest BCUT2D eigenvalue weighted by atomic mass is 9.99. The predicted molar refractivity (Wildman–Crippen MR) is 160 cm³/mol. The van der Waals surface area contributed by atoms with Crippen molar-refractivity contribution in [3.05, 3.63) is 82.1 Å². The summed E-state index contributed by atoms with van der Waals surface area (Å²) < 4.78 is 1.37. The molecule has 0 aliphatic heterocycles. The molecule has 2 aromatic carbocycles. The summed E-state index contributed by atoms with van der Waals surface area (Å²) in [6, 6.07) is 20.1. The minimum atomic E-state index is -1.54. The van der Waals surface area contributed by atoms with E-state index in [0.717, 1.165) is 17.0 Å². The second kappa shape index (κ2) is 11.2. The van der Waals surface area contributed by atoms with E-state index in [9.17, 15) is 0 Å². The molecule has 190 valence electrons. The lowest BCUT2D eigenvalue weighted by Gasteiger charge is -2.48. The quantitative estimate of drug-likeness (QED) is 0.346. The van der Waals surface area contributed by atoms with Crippen LogP contribution in [0.2, 0.25) is 0 Å². The van der Waals surface area contributed by atoms with Gasteiger partial charge >= 0.3 is 0 Å². The van der Waals surface area contributed by atoms with Crippen LogP contribution in [-0.4, -0.2) is 17.0 Å². The fourth-order valence-electron chi connectivity index (χ4n) is 8.39. The van der Waals surface area contributed by atoms with Crippen molar-refractivity contribution < 1.29 is 0 Å². The van der Waals surface area contributed by atoms with Gasteiger partial charge in [-0.15, -0.1) is 0 Å². The second-order valence-electron chi connectivity index (χ2n) is 11.9. The van der Waals surface area contributed by atoms with Crippen LogP contribution in [0.4, 0.5) is 0 Å². The largest absolute Gasteiger partial charge is 0.167 e. The van der Waals surface area contributed by atoms with Crippen LogP contribution in [0.5, 0.6) is 0 Å². The van der Waals surface area contributed by atoms with Crippen LogP contribution < -0.4 is 0 Å². The molecule has 2 heteroatoms. The summed E-state index contributed by atoms with van der Waals surface area (Å²) in [5, 5.41) is 0. The molecule has 0 N–H and O–H groups in total. The smallest absolute Gasteiger partial charge is 0.0622 e. The fourth-order valence-corrected chi connectivity index (χ4v) is 16.8. The van der Waals surface area contributed by atoms with Gasteiger partial charge in [0.15, 0.2) is 4.77 Å². The van der Waals surface area contributed by atoms with E-state index in [-0.39, 0.29) is 0 Å². The molecule has 3 saturated carbocycles. The molecular formula is C34H43ClP+. The molecule has 0 aromatic heterocycles. The van der Waals surface area contributed by atoms with Crippen molar-refractivity contribution in [1.82, 2.24) is 0 Å². The SMILES string of the molecule is Cl/C(=C1/C=C(c2ccccc2)c2ccccc21)[P+](C1CCCCC1)(C1CCCCC1)C1CCCCC1. The minimum Gasteiger partial charge on any atom is -0.0622 e. The summed E-state index contributed by atoms with van der Waals surface area (Å²) in [6.07, 6.45) is 23.9. The van der Waals surface area contributed by atoms with Gasteiger partial charge in [0, 0.05) is 5.57 Å². The van der Waals surface area contributed by atoms with Gasteiger partial charge in [0.1, 0.15) is 0 Å². The highest BCUT2D eigenvalue weighted by Crippen LogP contribution is 2.83. The fraction of sp³-hybridized carbons (Fsp3) is 0.529. The Morgan fingerprint density at radius 3 is 1.50 bits per heavy atom. The van der Waals surface area contributed by atoms with Crippen LogP contribution in [0.15, 0.2) is 65.4 Å². The van der Waals surface area contributed by atoms with Gasteiger partial charge in [0.2, 0.25) is 0 Å². The first-order valence-electron chi connectivity index (χ1n) is 15.0. The molecule has 6 rings (SSSR count). The highest BCUT2D eigenvalue weighted by molar-refractivity contribution is 7.83. The third-order valence-corrected chi connectivity index (χ3v) is 17.2. The Kier molecular flexibility index (Phi) is 7.74. The maximum atomic E-state index is 8.07. The van der Waals surface area contributed by atoms with Crippen molar-refractivity contribution in [2.45, 2.75) is 113 Å². The molecule has 4 aliphatic carbocycles. The van der Waals surface area contributed by atoms with Crippen LogP contribution >= 0.6 is 18.9 Å². The highest BCUT2D eigenvalue weighted by Gasteiger charge is 2.60. The van der Waals surface area contributed by atoms with Crippen molar-refractivity contribution >= 4 is 30.0 Å². The summed E-state index contributed by atoms with van der Waals surface area (Å²) in [7, 11) is -1.54. The summed E-state index contributed by atoms with van der Waals surface area (Å²) in [5.41, 5.74) is 9.45. The Bertz CT molecular complexity index is 1050. The van der Waals surface area contributed by atoms with E-state index < -0.39 is 7.26 Å². The van der Waals surface area contributed by atoms with Crippen LogP contribution in [0.1, 0.15) is 113 Å². The third-order valence-electron chi connectivity index (χ3n) is 9.98. The highest BCUT2D eigenvalue weighted by atomic mass is 35.5. The molecule has 0 bridgehead atoms. The van der Waals surface area contributed by atoms with E-state index in [2.05, 4.69) is 60.7 Å². The number of allylic oxidation sites excluding steroid dienone is 2. The minimum absolute atomic E-state index is 0.860. The Morgan fingerprint density at radius 1 is 0.556 bits per heavy atom. The van der Waals surface area contributed by atoms with Gasteiger partial charge in [-0.3, -0.25) is 0 Å². The topological polar surface area (TPSA) is 0 Å². The Labute approximate surface area is 225 Å². The van der Waals surface area contributed by atoms with Crippen molar-refractivity contribution in [1.29, 1.82) is 0 Å². The maximum Gasteiger partial charge on any atom is 0.167 e. The van der Waals surface area contributed by atoms with Gasteiger partial charge < -0.3 is 0 Å². The van der Waals surface area contributed by atoms with Crippen LogP contribution in [0.25, 0.3) is 11.1 Å². The number of benzene rings is 2. The van der Waals surface area contributed by atoms with Gasteiger partial charge in [-0.1, -0.05) is 73.9 Å². The van der Waals surface area contributed by atoms with Crippen LogP contribution in [0.3, 0.4) is 0 Å². The molecule has 0 unspecified atom stereocenters. The van der Waals surface area contributed by atoms with Gasteiger partial charge in [-0.25, -0.2) is 0 Å². The number of hydrogen-bond acceptors (Lipinski definition) is 0. The summed E-state index contributed by atoms with van der Waals surface area (Å²) in [6.45, 7) is 0. The first-order valence-corrected chi connectivity index (χ1v) is 17.3. The molecule has 0 radical (unpaired) electrons. The van der Waals surface area contributed by atoms with E-state index in [0.29, 0.717) is 0 Å². The summed E-state index contributed by atoms with van der Waals surface area (Å²) in [5.74, 6) is 0. The van der Waals surface area contributed by atoms with Crippen molar-refractivity contribution in [2.75, 3.05) is 0 Å². The molecule has 36 heavy (non-hydrogen) atoms. The molecule has 0 spiro atoms. The van der Waals surface area contributed by atoms with Crippen LogP contribution in [0, 0.1) is 0 Å². The van der Waals surface area contributed by atoms with E-state index in [1.165, 1.54) is 129 Å². The molecule has 4 aliphatic rings. The second-order valence-corrected chi connectivity index (χ2v) is 16.8. The first-order chi connectivity index (χ1) is 17.8. The Hall–Kier alpha value is -1.36. The van der Waals surface area contributed by atoms with E-state index in [1.807, 2.05) is 0 Å². The Morgan fingerprint density at radius 2 is 1.00 bits per heavy atom. The third kappa shape index (κ3) is 4.46. The van der Waals surface area contributed by atoms with E-state index in [1.54, 1.807) is 0 Å². The monoisotopic (exact) mass is 517 g/mol. The van der Waals surface area contributed by atoms with Gasteiger partial charge in [-0.05, 0) is 117 Å². The van der Waals surface area contributed by atoms with Crippen molar-refractivity contribution in [2.24, 2.45) is 0 Å². The normalized spacial score (nSPS) is 23.9. The molecule has 2 aromatic rings. The number of hydrogen-bond donors (Lipinski definition) is 0. The van der Waals surface area contributed by atoms with Gasteiger partial charge in [-0.2, -0.15) is 0 Å². The average molecular weight is 518 g/mol. The lowest BCUT2D eigenvalue weighted by molar-refractivity contribution is 0.454. The molecule has 0 nitrogen and oxygen atoms in total. The van der Waals surface area contributed by atoms with Gasteiger partial charge in [0.25, 0.3) is 0 Å². The van der Waals surface area contributed by atoms with Crippen molar-refractivity contribution in [3.63, 3.8) is 0 Å². The van der Waals surface area contributed by atoms with Crippen molar-refractivity contribution in [3.8, 4) is 0 Å². The number of fused-ring (bicyclic) bond motifs is 1. The van der Waals surface area contributed by atoms with E-state index in [4.69, 9.17) is 11.6 Å². The lowest BCUT2D eigenvalue weighted by Crippen LogP contribution is -2.36. The average Bonchev–Trinajstić information content (AvgIpc) is 3.35. The summed E-state index contributed by atoms with van der Waals surface area (Å²) in [4.78, 5) is 0. The predicted octanol–water partition coefficient (Wildman–Crippen LogP) is 11.1. The number of halogens is 1. The zero-order valence-electron chi connectivity index (χ0n) is 21.9. The molecule has 3 fully saturated rings. The first kappa shape index (κ1) is 24.9. The molecule has 0 heterocycles. The molecule has 0 saturated heterocycles. The summed E-state index contributed by atoms with van der Waals surface area (Å²) >= 11 is 8.07.